The topological polar surface area (TPSA) is 0 Å². The molecular weight excluding hydrogens is 180 g/mol. The zero-order valence-corrected chi connectivity index (χ0v) is 10.5. The van der Waals surface area contributed by atoms with Gasteiger partial charge >= 0.3 is 0 Å². The Balaban J connectivity index is 2.11. The molecule has 0 heteroatoms. The van der Waals surface area contributed by atoms with Crippen LogP contribution in [0.1, 0.15) is 52.9 Å². The highest BCUT2D eigenvalue weighted by Crippen LogP contribution is 2.70. The van der Waals surface area contributed by atoms with Crippen LogP contribution in [0.25, 0.3) is 0 Å². The molecule has 0 heterocycles. The van der Waals surface area contributed by atoms with Crippen molar-refractivity contribution in [1.82, 2.24) is 0 Å². The van der Waals surface area contributed by atoms with Gasteiger partial charge in [0.1, 0.15) is 0 Å². The lowest BCUT2D eigenvalue weighted by molar-refractivity contribution is -0.123. The maximum Gasteiger partial charge on any atom is -0.00597 e. The zero-order valence-electron chi connectivity index (χ0n) is 10.5. The van der Waals surface area contributed by atoms with Crippen LogP contribution in [0.4, 0.5) is 0 Å². The SMILES string of the molecule is C=C1[C@@H]2CC[C@@]3(C)C(C2)[C@@H](C)CC[C@@]13C. The molecule has 4 saturated carbocycles. The van der Waals surface area contributed by atoms with E-state index in [0.29, 0.717) is 10.8 Å². The van der Waals surface area contributed by atoms with Gasteiger partial charge in [0.05, 0.1) is 0 Å². The normalized spacial score (nSPS) is 58.3. The van der Waals surface area contributed by atoms with Crippen LogP contribution in [0.3, 0.4) is 0 Å². The number of rotatable bonds is 0. The van der Waals surface area contributed by atoms with E-state index >= 15 is 0 Å². The van der Waals surface area contributed by atoms with Crippen molar-refractivity contribution in [3.8, 4) is 0 Å². The van der Waals surface area contributed by atoms with Gasteiger partial charge in [-0.05, 0) is 60.7 Å². The van der Waals surface area contributed by atoms with E-state index in [0.717, 1.165) is 17.8 Å². The smallest absolute Gasteiger partial charge is 0.00597 e. The van der Waals surface area contributed by atoms with E-state index < -0.39 is 0 Å². The van der Waals surface area contributed by atoms with Gasteiger partial charge in [-0.3, -0.25) is 0 Å². The first-order chi connectivity index (χ1) is 6.99. The molecule has 0 aromatic carbocycles. The molecular formula is C15H24. The monoisotopic (exact) mass is 204 g/mol. The Morgan fingerprint density at radius 1 is 1.20 bits per heavy atom. The third kappa shape index (κ3) is 0.946. The zero-order chi connectivity index (χ0) is 10.8. The quantitative estimate of drug-likeness (QED) is 0.513. The molecule has 4 fully saturated rings. The van der Waals surface area contributed by atoms with Crippen molar-refractivity contribution in [2.45, 2.75) is 52.9 Å². The van der Waals surface area contributed by atoms with Crippen molar-refractivity contribution < 1.29 is 0 Å². The summed E-state index contributed by atoms with van der Waals surface area (Å²) >= 11 is 0. The third-order valence-corrected chi connectivity index (χ3v) is 6.62. The first-order valence-electron chi connectivity index (χ1n) is 6.68. The number of fused-ring (bicyclic) bond motifs is 1. The van der Waals surface area contributed by atoms with Crippen molar-refractivity contribution in [1.29, 1.82) is 0 Å². The summed E-state index contributed by atoms with van der Waals surface area (Å²) < 4.78 is 0. The maximum absolute atomic E-state index is 4.46. The molecule has 0 aromatic heterocycles. The molecule has 0 amide bonds. The van der Waals surface area contributed by atoms with Gasteiger partial charge in [-0.1, -0.05) is 32.9 Å². The van der Waals surface area contributed by atoms with Crippen molar-refractivity contribution in [2.24, 2.45) is 28.6 Å². The summed E-state index contributed by atoms with van der Waals surface area (Å²) in [7, 11) is 0. The lowest BCUT2D eigenvalue weighted by Gasteiger charge is -2.67. The van der Waals surface area contributed by atoms with Gasteiger partial charge in [0.25, 0.3) is 0 Å². The second-order valence-corrected chi connectivity index (χ2v) is 6.87. The van der Waals surface area contributed by atoms with Crippen LogP contribution in [0.15, 0.2) is 12.2 Å². The van der Waals surface area contributed by atoms with Crippen LogP contribution in [0.2, 0.25) is 0 Å². The molecule has 1 unspecified atom stereocenters. The molecule has 0 spiro atoms. The molecule has 0 aromatic rings. The minimum absolute atomic E-state index is 0.478. The fourth-order valence-electron chi connectivity index (χ4n) is 5.19. The van der Waals surface area contributed by atoms with Gasteiger partial charge in [0, 0.05) is 0 Å². The molecule has 4 bridgehead atoms. The molecule has 0 saturated heterocycles. The summed E-state index contributed by atoms with van der Waals surface area (Å²) in [5.74, 6) is 2.81. The highest BCUT2D eigenvalue weighted by atomic mass is 14.7. The van der Waals surface area contributed by atoms with Crippen LogP contribution in [0.5, 0.6) is 0 Å². The highest BCUT2D eigenvalue weighted by molar-refractivity contribution is 5.28. The van der Waals surface area contributed by atoms with E-state index in [-0.39, 0.29) is 0 Å². The van der Waals surface area contributed by atoms with Gasteiger partial charge in [0.15, 0.2) is 0 Å². The predicted molar refractivity (Wildman–Crippen MR) is 64.6 cm³/mol. The van der Waals surface area contributed by atoms with E-state index in [1.54, 1.807) is 5.57 Å². The van der Waals surface area contributed by atoms with Crippen LogP contribution in [-0.2, 0) is 0 Å². The van der Waals surface area contributed by atoms with Crippen LogP contribution in [-0.4, -0.2) is 0 Å². The van der Waals surface area contributed by atoms with Gasteiger partial charge in [0.2, 0.25) is 0 Å². The molecule has 4 aliphatic rings. The van der Waals surface area contributed by atoms with Gasteiger partial charge < -0.3 is 0 Å². The Morgan fingerprint density at radius 3 is 2.67 bits per heavy atom. The van der Waals surface area contributed by atoms with E-state index in [1.165, 1.54) is 32.1 Å². The molecule has 0 N–H and O–H groups in total. The first kappa shape index (κ1) is 9.93. The molecule has 15 heavy (non-hydrogen) atoms. The maximum atomic E-state index is 4.46. The average molecular weight is 204 g/mol. The van der Waals surface area contributed by atoms with Crippen molar-refractivity contribution in [3.63, 3.8) is 0 Å². The largest absolute Gasteiger partial charge is 0.0990 e. The summed E-state index contributed by atoms with van der Waals surface area (Å²) in [6, 6.07) is 0. The molecule has 0 nitrogen and oxygen atoms in total. The predicted octanol–water partition coefficient (Wildman–Crippen LogP) is 4.42. The molecule has 0 radical (unpaired) electrons. The fraction of sp³-hybridized carbons (Fsp3) is 0.867. The van der Waals surface area contributed by atoms with Crippen molar-refractivity contribution in [3.05, 3.63) is 12.2 Å². The minimum Gasteiger partial charge on any atom is -0.0990 e. The lowest BCUT2D eigenvalue weighted by atomic mass is 9.37. The minimum atomic E-state index is 0.478. The third-order valence-electron chi connectivity index (χ3n) is 6.62. The summed E-state index contributed by atoms with van der Waals surface area (Å²) in [6.07, 6.45) is 7.17. The Labute approximate surface area is 94.1 Å². The van der Waals surface area contributed by atoms with Crippen LogP contribution >= 0.6 is 0 Å². The van der Waals surface area contributed by atoms with Gasteiger partial charge in [-0.15, -0.1) is 0 Å². The van der Waals surface area contributed by atoms with Gasteiger partial charge in [-0.25, -0.2) is 0 Å². The van der Waals surface area contributed by atoms with E-state index in [1.807, 2.05) is 0 Å². The number of hydrogen-bond donors (Lipinski definition) is 0. The standard InChI is InChI=1S/C15H24/c1-10-5-7-14(3)11(2)12-6-8-15(14,4)13(10)9-12/h10,12-13H,2,5-9H2,1,3-4H3/t10-,12+,13?,14-,15-/m0/s1. The van der Waals surface area contributed by atoms with Gasteiger partial charge in [-0.2, -0.15) is 0 Å². The Bertz CT molecular complexity index is 316. The highest BCUT2D eigenvalue weighted by Gasteiger charge is 2.61. The second kappa shape index (κ2) is 2.70. The van der Waals surface area contributed by atoms with Crippen LogP contribution in [0, 0.1) is 28.6 Å². The Morgan fingerprint density at radius 2 is 1.93 bits per heavy atom. The molecule has 0 aliphatic heterocycles. The van der Waals surface area contributed by atoms with Crippen LogP contribution < -0.4 is 0 Å². The Hall–Kier alpha value is -0.260. The molecule has 5 atom stereocenters. The van der Waals surface area contributed by atoms with E-state index in [4.69, 9.17) is 0 Å². The number of hydrogen-bond acceptors (Lipinski definition) is 0. The first-order valence-corrected chi connectivity index (χ1v) is 6.68. The van der Waals surface area contributed by atoms with E-state index in [9.17, 15) is 0 Å². The summed E-state index contributed by atoms with van der Waals surface area (Å²) in [5, 5.41) is 0. The molecule has 4 aliphatic carbocycles. The second-order valence-electron chi connectivity index (χ2n) is 6.87. The average Bonchev–Trinajstić information content (AvgIpc) is 2.21. The van der Waals surface area contributed by atoms with Crippen molar-refractivity contribution >= 4 is 0 Å². The summed E-state index contributed by atoms with van der Waals surface area (Å²) in [4.78, 5) is 0. The number of allylic oxidation sites excluding steroid dienone is 1. The van der Waals surface area contributed by atoms with Crippen molar-refractivity contribution in [2.75, 3.05) is 0 Å². The molecule has 84 valence electrons. The fourth-order valence-corrected chi connectivity index (χ4v) is 5.19. The lowest BCUT2D eigenvalue weighted by Crippen LogP contribution is -2.58. The summed E-state index contributed by atoms with van der Waals surface area (Å²) in [6.45, 7) is 12.0. The van der Waals surface area contributed by atoms with E-state index in [2.05, 4.69) is 27.4 Å². The summed E-state index contributed by atoms with van der Waals surface area (Å²) in [5.41, 5.74) is 2.67. The Kier molecular flexibility index (Phi) is 1.79. The molecule has 4 rings (SSSR count).